The third kappa shape index (κ3) is 8.72. The van der Waals surface area contributed by atoms with Crippen molar-refractivity contribution in [1.82, 2.24) is 25.4 Å². The molecule has 0 amide bonds. The van der Waals surface area contributed by atoms with Crippen molar-refractivity contribution in [3.8, 4) is 0 Å². The van der Waals surface area contributed by atoms with E-state index in [1.54, 1.807) is 13.4 Å². The zero-order valence-electron chi connectivity index (χ0n) is 14.2. The fourth-order valence-electron chi connectivity index (χ4n) is 1.86. The van der Waals surface area contributed by atoms with Crippen molar-refractivity contribution in [2.75, 3.05) is 20.1 Å². The van der Waals surface area contributed by atoms with E-state index in [9.17, 15) is 4.79 Å². The molecule has 132 valence electrons. The van der Waals surface area contributed by atoms with Crippen LogP contribution in [0.4, 0.5) is 0 Å². The van der Waals surface area contributed by atoms with Crippen molar-refractivity contribution in [2.24, 2.45) is 4.99 Å². The Kier molecular flexibility index (Phi) is 11.4. The largest absolute Gasteiger partial charge is 0.463 e. The van der Waals surface area contributed by atoms with Gasteiger partial charge >= 0.3 is 5.97 Å². The molecule has 0 aliphatic heterocycles. The summed E-state index contributed by atoms with van der Waals surface area (Å²) in [5.74, 6) is 1.40. The number of carbonyl (C=O) groups is 1. The maximum absolute atomic E-state index is 11.4. The minimum absolute atomic E-state index is 0. The summed E-state index contributed by atoms with van der Waals surface area (Å²) in [6.07, 6.45) is 2.80. The second-order valence-electron chi connectivity index (χ2n) is 5.01. The van der Waals surface area contributed by atoms with Crippen LogP contribution in [0.15, 0.2) is 11.3 Å². The van der Waals surface area contributed by atoms with E-state index in [0.717, 1.165) is 18.8 Å². The number of guanidine groups is 1. The highest BCUT2D eigenvalue weighted by atomic mass is 127. The smallest absolute Gasteiger partial charge is 0.307 e. The second-order valence-corrected chi connectivity index (χ2v) is 5.01. The Bertz CT molecular complexity index is 489. The predicted octanol–water partition coefficient (Wildman–Crippen LogP) is 0.965. The molecular weight excluding hydrogens is 411 g/mol. The fraction of sp³-hybridized carbons (Fsp3) is 0.714. The molecule has 1 rings (SSSR count). The lowest BCUT2D eigenvalue weighted by Crippen LogP contribution is -2.40. The molecule has 0 saturated heterocycles. The van der Waals surface area contributed by atoms with Gasteiger partial charge in [0.25, 0.3) is 0 Å². The van der Waals surface area contributed by atoms with Crippen LogP contribution >= 0.6 is 24.0 Å². The Morgan fingerprint density at radius 2 is 2.09 bits per heavy atom. The predicted molar refractivity (Wildman–Crippen MR) is 100 cm³/mol. The van der Waals surface area contributed by atoms with Crippen molar-refractivity contribution in [3.63, 3.8) is 0 Å². The van der Waals surface area contributed by atoms with Gasteiger partial charge in [0.1, 0.15) is 12.2 Å². The van der Waals surface area contributed by atoms with Crippen molar-refractivity contribution in [2.45, 2.75) is 46.3 Å². The van der Waals surface area contributed by atoms with E-state index in [2.05, 4.69) is 25.8 Å². The number of ether oxygens (including phenoxy) is 1. The number of nitrogens with one attached hydrogen (secondary N) is 2. The summed E-state index contributed by atoms with van der Waals surface area (Å²) in [5.41, 5.74) is 0. The summed E-state index contributed by atoms with van der Waals surface area (Å²) in [7, 11) is 1.69. The van der Waals surface area contributed by atoms with Crippen molar-refractivity contribution >= 4 is 35.9 Å². The van der Waals surface area contributed by atoms with Gasteiger partial charge in [0, 0.05) is 33.1 Å². The average molecular weight is 438 g/mol. The number of aryl methyl sites for hydroxylation is 1. The number of aliphatic imine (C=N–C) groups is 1. The molecule has 0 aliphatic carbocycles. The molecule has 0 saturated carbocycles. The van der Waals surface area contributed by atoms with Crippen LogP contribution in [-0.2, 0) is 22.5 Å². The lowest BCUT2D eigenvalue weighted by atomic mass is 10.4. The highest BCUT2D eigenvalue weighted by molar-refractivity contribution is 14.0. The summed E-state index contributed by atoms with van der Waals surface area (Å²) in [5, 5.41) is 14.2. The summed E-state index contributed by atoms with van der Waals surface area (Å²) >= 11 is 0. The number of hydrogen-bond acceptors (Lipinski definition) is 5. The van der Waals surface area contributed by atoms with E-state index >= 15 is 0 Å². The second kappa shape index (κ2) is 12.1. The normalized spacial score (nSPS) is 11.1. The molecule has 0 aliphatic rings. The Morgan fingerprint density at radius 1 is 1.39 bits per heavy atom. The first-order valence-electron chi connectivity index (χ1n) is 7.57. The number of carbonyl (C=O) groups excluding carboxylic acids is 1. The standard InChI is InChI=1S/C14H26N6O2.HI/c1-5-12-19-18-10-20(12)9-8-17-14(15-4)16-7-6-13(21)22-11(2)3;/h10-11H,5-9H2,1-4H3,(H2,15,16,17);1H. The Labute approximate surface area is 154 Å². The first kappa shape index (κ1) is 21.6. The molecule has 0 radical (unpaired) electrons. The SMILES string of the molecule is CCc1nncn1CCNC(=NC)NCCC(=O)OC(C)C.I. The minimum Gasteiger partial charge on any atom is -0.463 e. The van der Waals surface area contributed by atoms with Crippen LogP contribution in [0.1, 0.15) is 33.0 Å². The van der Waals surface area contributed by atoms with E-state index < -0.39 is 0 Å². The maximum Gasteiger partial charge on any atom is 0.307 e. The molecule has 2 N–H and O–H groups in total. The first-order valence-corrected chi connectivity index (χ1v) is 7.57. The quantitative estimate of drug-likeness (QED) is 0.272. The molecule has 0 fully saturated rings. The number of rotatable bonds is 8. The molecule has 1 heterocycles. The lowest BCUT2D eigenvalue weighted by molar-refractivity contribution is -0.147. The molecule has 1 aromatic heterocycles. The molecule has 0 atom stereocenters. The Hall–Kier alpha value is -1.39. The van der Waals surface area contributed by atoms with Crippen LogP contribution < -0.4 is 10.6 Å². The number of hydrogen-bond donors (Lipinski definition) is 2. The molecule has 1 aromatic rings. The van der Waals surface area contributed by atoms with E-state index in [1.165, 1.54) is 0 Å². The lowest BCUT2D eigenvalue weighted by Gasteiger charge is -2.13. The van der Waals surface area contributed by atoms with Gasteiger partial charge in [0.15, 0.2) is 5.96 Å². The van der Waals surface area contributed by atoms with Gasteiger partial charge in [0.05, 0.1) is 12.5 Å². The van der Waals surface area contributed by atoms with Gasteiger partial charge in [-0.2, -0.15) is 0 Å². The number of aromatic nitrogens is 3. The minimum atomic E-state index is -0.213. The third-order valence-corrected chi connectivity index (χ3v) is 2.87. The molecular formula is C14H27IN6O2. The molecule has 0 aromatic carbocycles. The van der Waals surface area contributed by atoms with E-state index in [-0.39, 0.29) is 36.0 Å². The molecule has 9 heteroatoms. The van der Waals surface area contributed by atoms with Crippen LogP contribution in [0.3, 0.4) is 0 Å². The van der Waals surface area contributed by atoms with Crippen LogP contribution in [0, 0.1) is 0 Å². The molecule has 0 unspecified atom stereocenters. The van der Waals surface area contributed by atoms with Crippen LogP contribution in [0.5, 0.6) is 0 Å². The summed E-state index contributed by atoms with van der Waals surface area (Å²) in [6.45, 7) is 7.65. The summed E-state index contributed by atoms with van der Waals surface area (Å²) in [6, 6.07) is 0. The average Bonchev–Trinajstić information content (AvgIpc) is 2.92. The summed E-state index contributed by atoms with van der Waals surface area (Å²) in [4.78, 5) is 15.5. The Morgan fingerprint density at radius 3 is 2.70 bits per heavy atom. The zero-order valence-corrected chi connectivity index (χ0v) is 16.5. The van der Waals surface area contributed by atoms with E-state index in [1.807, 2.05) is 25.3 Å². The maximum atomic E-state index is 11.4. The topological polar surface area (TPSA) is 93.4 Å². The van der Waals surface area contributed by atoms with Crippen LogP contribution in [-0.4, -0.2) is 52.9 Å². The van der Waals surface area contributed by atoms with Crippen molar-refractivity contribution in [3.05, 3.63) is 12.2 Å². The van der Waals surface area contributed by atoms with Crippen molar-refractivity contribution < 1.29 is 9.53 Å². The van der Waals surface area contributed by atoms with Gasteiger partial charge in [0.2, 0.25) is 0 Å². The first-order chi connectivity index (χ1) is 10.6. The monoisotopic (exact) mass is 438 g/mol. The fourth-order valence-corrected chi connectivity index (χ4v) is 1.86. The molecule has 0 bridgehead atoms. The zero-order chi connectivity index (χ0) is 16.4. The third-order valence-electron chi connectivity index (χ3n) is 2.87. The highest BCUT2D eigenvalue weighted by Gasteiger charge is 2.06. The molecule has 0 spiro atoms. The van der Waals surface area contributed by atoms with Gasteiger partial charge in [-0.05, 0) is 13.8 Å². The van der Waals surface area contributed by atoms with Crippen LogP contribution in [0.25, 0.3) is 0 Å². The molecule has 8 nitrogen and oxygen atoms in total. The van der Waals surface area contributed by atoms with Crippen molar-refractivity contribution in [1.29, 1.82) is 0 Å². The van der Waals surface area contributed by atoms with Gasteiger partial charge in [-0.3, -0.25) is 9.79 Å². The number of nitrogens with zero attached hydrogens (tertiary/aromatic N) is 4. The van der Waals surface area contributed by atoms with Crippen LogP contribution in [0.2, 0.25) is 0 Å². The number of halogens is 1. The number of esters is 1. The van der Waals surface area contributed by atoms with E-state index in [0.29, 0.717) is 25.5 Å². The van der Waals surface area contributed by atoms with Gasteiger partial charge < -0.3 is 19.9 Å². The van der Waals surface area contributed by atoms with Gasteiger partial charge in [-0.15, -0.1) is 34.2 Å². The van der Waals surface area contributed by atoms with Gasteiger partial charge in [-0.1, -0.05) is 6.92 Å². The molecule has 23 heavy (non-hydrogen) atoms. The summed E-state index contributed by atoms with van der Waals surface area (Å²) < 4.78 is 7.07. The Balaban J connectivity index is 0.00000484. The van der Waals surface area contributed by atoms with E-state index in [4.69, 9.17) is 4.74 Å². The van der Waals surface area contributed by atoms with Gasteiger partial charge in [-0.25, -0.2) is 0 Å². The highest BCUT2D eigenvalue weighted by Crippen LogP contribution is 1.95.